The van der Waals surface area contributed by atoms with Crippen molar-refractivity contribution in [2.45, 2.75) is 36.6 Å². The second-order valence-electron chi connectivity index (χ2n) is 5.07. The molecular weight excluding hydrogens is 399 g/mol. The second-order valence-corrected chi connectivity index (χ2v) is 8.04. The average molecular weight is 414 g/mol. The van der Waals surface area contributed by atoms with Crippen molar-refractivity contribution >= 4 is 43.5 Å². The highest BCUT2D eigenvalue weighted by atomic mass is 79.9. The predicted octanol–water partition coefficient (Wildman–Crippen LogP) is 2.58. The van der Waals surface area contributed by atoms with Crippen molar-refractivity contribution in [1.82, 2.24) is 10.0 Å². The number of nitrogens with one attached hydrogen (secondary N) is 2. The zero-order valence-corrected chi connectivity index (χ0v) is 14.7. The molecule has 0 saturated heterocycles. The largest absolute Gasteiger partial charge is 0.352 e. The fraction of sp³-hybridized carbons (Fsp3) is 0.462. The van der Waals surface area contributed by atoms with Gasteiger partial charge in [-0.3, -0.25) is 4.79 Å². The van der Waals surface area contributed by atoms with Crippen LogP contribution in [0.1, 0.15) is 25.7 Å². The number of benzene rings is 1. The van der Waals surface area contributed by atoms with Gasteiger partial charge in [-0.2, -0.15) is 0 Å². The Labute approximate surface area is 141 Å². The summed E-state index contributed by atoms with van der Waals surface area (Å²) in [6.45, 7) is -0.390. The summed E-state index contributed by atoms with van der Waals surface area (Å²) >= 11 is 8.75. The summed E-state index contributed by atoms with van der Waals surface area (Å²) in [5.41, 5.74) is 0. The topological polar surface area (TPSA) is 75.3 Å². The van der Waals surface area contributed by atoms with Gasteiger partial charge < -0.3 is 5.32 Å². The van der Waals surface area contributed by atoms with Crippen LogP contribution in [-0.2, 0) is 14.8 Å². The van der Waals surface area contributed by atoms with Gasteiger partial charge in [0, 0.05) is 10.5 Å². The van der Waals surface area contributed by atoms with Crippen molar-refractivity contribution in [2.75, 3.05) is 6.54 Å². The summed E-state index contributed by atoms with van der Waals surface area (Å²) in [4.78, 5) is 11.5. The number of rotatable bonds is 5. The van der Waals surface area contributed by atoms with E-state index in [1.54, 1.807) is 0 Å². The smallest absolute Gasteiger partial charge is 0.243 e. The summed E-state index contributed by atoms with van der Waals surface area (Å²) in [6.07, 6.45) is 3.95. The van der Waals surface area contributed by atoms with Crippen LogP contribution in [0.3, 0.4) is 0 Å². The molecule has 0 spiro atoms. The maximum Gasteiger partial charge on any atom is 0.243 e. The van der Waals surface area contributed by atoms with Gasteiger partial charge in [0.2, 0.25) is 15.9 Å². The molecule has 1 aromatic carbocycles. The van der Waals surface area contributed by atoms with E-state index >= 15 is 0 Å². The lowest BCUT2D eigenvalue weighted by Crippen LogP contribution is -2.41. The van der Waals surface area contributed by atoms with E-state index in [0.717, 1.165) is 37.8 Å². The van der Waals surface area contributed by atoms with E-state index in [-0.39, 0.29) is 27.0 Å². The van der Waals surface area contributed by atoms with Crippen LogP contribution in [0.25, 0.3) is 0 Å². The van der Waals surface area contributed by atoms with Gasteiger partial charge in [0.05, 0.1) is 11.6 Å². The highest BCUT2D eigenvalue weighted by Crippen LogP contribution is 2.30. The first-order valence-corrected chi connectivity index (χ1v) is 9.38. The predicted molar refractivity (Wildman–Crippen MR) is 84.7 cm³/mol. The SMILES string of the molecule is O=C(CNS(=O)(=O)c1c(Cl)cc(F)cc1Br)NC1CCCC1. The first kappa shape index (κ1) is 17.7. The molecule has 1 aromatic rings. The van der Waals surface area contributed by atoms with Crippen LogP contribution in [-0.4, -0.2) is 26.9 Å². The molecule has 0 heterocycles. The lowest BCUT2D eigenvalue weighted by Gasteiger charge is -2.13. The Kier molecular flexibility index (Phi) is 5.81. The molecule has 2 N–H and O–H groups in total. The summed E-state index contributed by atoms with van der Waals surface area (Å²) < 4.78 is 39.7. The number of carbonyl (C=O) groups excluding carboxylic acids is 1. The molecule has 1 saturated carbocycles. The quantitative estimate of drug-likeness (QED) is 0.779. The molecule has 1 amide bonds. The fourth-order valence-corrected chi connectivity index (χ4v) is 5.16. The fourth-order valence-electron chi connectivity index (χ4n) is 2.37. The minimum Gasteiger partial charge on any atom is -0.352 e. The van der Waals surface area contributed by atoms with Crippen molar-refractivity contribution < 1.29 is 17.6 Å². The highest BCUT2D eigenvalue weighted by Gasteiger charge is 2.24. The first-order chi connectivity index (χ1) is 10.3. The van der Waals surface area contributed by atoms with Crippen molar-refractivity contribution in [2.24, 2.45) is 0 Å². The van der Waals surface area contributed by atoms with Crippen LogP contribution in [0.2, 0.25) is 5.02 Å². The summed E-state index contributed by atoms with van der Waals surface area (Å²) in [5.74, 6) is -1.06. The van der Waals surface area contributed by atoms with Crippen molar-refractivity contribution in [1.29, 1.82) is 0 Å². The molecule has 1 aliphatic rings. The summed E-state index contributed by atoms with van der Waals surface area (Å²) in [7, 11) is -4.02. The maximum absolute atomic E-state index is 13.1. The summed E-state index contributed by atoms with van der Waals surface area (Å²) in [5, 5.41) is 2.52. The molecule has 1 aliphatic carbocycles. The molecule has 22 heavy (non-hydrogen) atoms. The second kappa shape index (κ2) is 7.25. The van der Waals surface area contributed by atoms with Crippen LogP contribution in [0.15, 0.2) is 21.5 Å². The van der Waals surface area contributed by atoms with Gasteiger partial charge in [-0.1, -0.05) is 24.4 Å². The Bertz CT molecular complexity index is 655. The van der Waals surface area contributed by atoms with Crippen molar-refractivity contribution in [3.8, 4) is 0 Å². The molecule has 122 valence electrons. The molecule has 0 bridgehead atoms. The van der Waals surface area contributed by atoms with Gasteiger partial charge in [0.1, 0.15) is 10.7 Å². The Hall–Kier alpha value is -0.700. The number of amides is 1. The third-order valence-electron chi connectivity index (χ3n) is 3.37. The molecule has 2 rings (SSSR count). The number of hydrogen-bond donors (Lipinski definition) is 2. The van der Waals surface area contributed by atoms with Crippen LogP contribution < -0.4 is 10.0 Å². The molecule has 1 fully saturated rings. The minimum atomic E-state index is -4.02. The third kappa shape index (κ3) is 4.41. The normalized spacial score (nSPS) is 16.0. The van der Waals surface area contributed by atoms with Gasteiger partial charge in [-0.05, 0) is 40.9 Å². The molecule has 5 nitrogen and oxygen atoms in total. The zero-order valence-electron chi connectivity index (χ0n) is 11.5. The van der Waals surface area contributed by atoms with Gasteiger partial charge in [-0.15, -0.1) is 0 Å². The third-order valence-corrected chi connectivity index (χ3v) is 6.17. The van der Waals surface area contributed by atoms with Gasteiger partial charge in [0.15, 0.2) is 0 Å². The molecule has 0 unspecified atom stereocenters. The van der Waals surface area contributed by atoms with E-state index in [1.807, 2.05) is 0 Å². The van der Waals surface area contributed by atoms with Gasteiger partial charge in [0.25, 0.3) is 0 Å². The average Bonchev–Trinajstić information content (AvgIpc) is 2.87. The Morgan fingerprint density at radius 1 is 1.36 bits per heavy atom. The molecule has 9 heteroatoms. The van der Waals surface area contributed by atoms with E-state index in [2.05, 4.69) is 26.0 Å². The number of sulfonamides is 1. The Morgan fingerprint density at radius 2 is 2.00 bits per heavy atom. The molecule has 0 aromatic heterocycles. The van der Waals surface area contributed by atoms with Gasteiger partial charge >= 0.3 is 0 Å². The molecule has 0 aliphatic heterocycles. The first-order valence-electron chi connectivity index (χ1n) is 6.73. The zero-order chi connectivity index (χ0) is 16.3. The number of hydrogen-bond acceptors (Lipinski definition) is 3. The van der Waals surface area contributed by atoms with Crippen LogP contribution in [0, 0.1) is 5.82 Å². The van der Waals surface area contributed by atoms with E-state index in [1.165, 1.54) is 0 Å². The lowest BCUT2D eigenvalue weighted by molar-refractivity contribution is -0.120. The molecule has 0 radical (unpaired) electrons. The number of halogens is 3. The van der Waals surface area contributed by atoms with E-state index in [0.29, 0.717) is 0 Å². The van der Waals surface area contributed by atoms with Crippen LogP contribution >= 0.6 is 27.5 Å². The maximum atomic E-state index is 13.1. The van der Waals surface area contributed by atoms with Crippen molar-refractivity contribution in [3.05, 3.63) is 27.4 Å². The van der Waals surface area contributed by atoms with Crippen molar-refractivity contribution in [3.63, 3.8) is 0 Å². The van der Waals surface area contributed by atoms with E-state index < -0.39 is 21.7 Å². The number of carbonyl (C=O) groups is 1. The monoisotopic (exact) mass is 412 g/mol. The van der Waals surface area contributed by atoms with E-state index in [4.69, 9.17) is 11.6 Å². The standard InChI is InChI=1S/C13H15BrClFN2O3S/c14-10-5-8(16)6-11(15)13(10)22(20,21)17-7-12(19)18-9-3-1-2-4-9/h5-6,9,17H,1-4,7H2,(H,18,19). The Balaban J connectivity index is 2.03. The van der Waals surface area contributed by atoms with Crippen LogP contribution in [0.5, 0.6) is 0 Å². The Morgan fingerprint density at radius 3 is 2.59 bits per heavy atom. The highest BCUT2D eigenvalue weighted by molar-refractivity contribution is 9.10. The van der Waals surface area contributed by atoms with Gasteiger partial charge in [-0.25, -0.2) is 17.5 Å². The van der Waals surface area contributed by atoms with E-state index in [9.17, 15) is 17.6 Å². The minimum absolute atomic E-state index is 0.00111. The van der Waals surface area contributed by atoms with Crippen LogP contribution in [0.4, 0.5) is 4.39 Å². The molecule has 0 atom stereocenters. The summed E-state index contributed by atoms with van der Waals surface area (Å²) in [6, 6.07) is 2.01. The molecular formula is C13H15BrClFN2O3S. The lowest BCUT2D eigenvalue weighted by atomic mass is 10.2.